The summed E-state index contributed by atoms with van der Waals surface area (Å²) in [5, 5.41) is 10.5. The Morgan fingerprint density at radius 1 is 1.48 bits per heavy atom. The summed E-state index contributed by atoms with van der Waals surface area (Å²) in [6.07, 6.45) is -0.315. The highest BCUT2D eigenvalue weighted by Crippen LogP contribution is 2.27. The van der Waals surface area contributed by atoms with Crippen LogP contribution in [0.5, 0.6) is 0 Å². The number of ether oxygens (including phenoxy) is 1. The van der Waals surface area contributed by atoms with Crippen molar-refractivity contribution in [3.05, 3.63) is 46.7 Å². The fraction of sp³-hybridized carbons (Fsp3) is 0.421. The van der Waals surface area contributed by atoms with Crippen LogP contribution in [0.1, 0.15) is 18.2 Å². The van der Waals surface area contributed by atoms with E-state index in [2.05, 4.69) is 9.88 Å². The molecule has 7 nitrogen and oxygen atoms in total. The number of aromatic nitrogens is 1. The van der Waals surface area contributed by atoms with Gasteiger partial charge in [-0.15, -0.1) is 11.3 Å². The molecule has 1 aliphatic heterocycles. The number of carboxylic acids is 1. The minimum absolute atomic E-state index is 0.129. The smallest absolute Gasteiger partial charge is 0.309 e. The number of nitrogens with zero attached hydrogens (tertiary/aromatic N) is 3. The zero-order valence-electron chi connectivity index (χ0n) is 15.9. The largest absolute Gasteiger partial charge is 0.481 e. The third-order valence-electron chi connectivity index (χ3n) is 4.29. The molecule has 3 rings (SSSR count). The van der Waals surface area contributed by atoms with Gasteiger partial charge in [0.2, 0.25) is 5.91 Å². The lowest BCUT2D eigenvalue weighted by atomic mass is 10.2. The number of morpholine rings is 1. The summed E-state index contributed by atoms with van der Waals surface area (Å²) in [6, 6.07) is 6.54. The highest BCUT2D eigenvalue weighted by atomic mass is 32.2. The molecule has 1 amide bonds. The molecule has 1 N–H and O–H groups in total. The van der Waals surface area contributed by atoms with Gasteiger partial charge in [0.15, 0.2) is 4.34 Å². The molecule has 29 heavy (non-hydrogen) atoms. The van der Waals surface area contributed by atoms with Gasteiger partial charge in [-0.1, -0.05) is 12.1 Å². The predicted molar refractivity (Wildman–Crippen MR) is 108 cm³/mol. The van der Waals surface area contributed by atoms with E-state index in [1.807, 2.05) is 6.07 Å². The van der Waals surface area contributed by atoms with E-state index in [9.17, 15) is 14.0 Å². The van der Waals surface area contributed by atoms with Crippen LogP contribution in [0.2, 0.25) is 0 Å². The number of thiazole rings is 1. The van der Waals surface area contributed by atoms with Crippen molar-refractivity contribution in [2.75, 3.05) is 26.2 Å². The summed E-state index contributed by atoms with van der Waals surface area (Å²) >= 11 is 2.51. The summed E-state index contributed by atoms with van der Waals surface area (Å²) < 4.78 is 21.4. The summed E-state index contributed by atoms with van der Waals surface area (Å²) in [4.78, 5) is 29.3. The first-order chi connectivity index (χ1) is 13.9. The van der Waals surface area contributed by atoms with E-state index in [-0.39, 0.29) is 24.2 Å². The number of halogens is 1. The van der Waals surface area contributed by atoms with Crippen molar-refractivity contribution < 1.29 is 23.8 Å². The molecule has 1 saturated heterocycles. The normalized spacial score (nSPS) is 17.2. The minimum Gasteiger partial charge on any atom is -0.481 e. The van der Waals surface area contributed by atoms with E-state index < -0.39 is 5.97 Å². The maximum atomic E-state index is 13.4. The van der Waals surface area contributed by atoms with Gasteiger partial charge >= 0.3 is 5.97 Å². The number of amides is 1. The number of benzene rings is 1. The number of carboxylic acid groups (broad SMARTS) is 1. The fourth-order valence-corrected chi connectivity index (χ4v) is 4.85. The molecule has 1 aliphatic rings. The van der Waals surface area contributed by atoms with Crippen molar-refractivity contribution >= 4 is 35.2 Å². The highest BCUT2D eigenvalue weighted by molar-refractivity contribution is 7.99. The van der Waals surface area contributed by atoms with E-state index in [0.717, 1.165) is 12.1 Å². The summed E-state index contributed by atoms with van der Waals surface area (Å²) in [5.41, 5.74) is 1.38. The Hall–Kier alpha value is -2.01. The lowest BCUT2D eigenvalue weighted by molar-refractivity contribution is -0.136. The quantitative estimate of drug-likeness (QED) is 0.633. The molecule has 1 atom stereocenters. The maximum absolute atomic E-state index is 13.4. The van der Waals surface area contributed by atoms with Crippen molar-refractivity contribution in [2.24, 2.45) is 0 Å². The molecule has 0 radical (unpaired) electrons. The molecular weight excluding hydrogens is 417 g/mol. The molecule has 156 valence electrons. The Balaban J connectivity index is 1.57. The molecule has 1 fully saturated rings. The number of rotatable bonds is 8. The lowest BCUT2D eigenvalue weighted by Crippen LogP contribution is -2.46. The fourth-order valence-electron chi connectivity index (χ4n) is 3.00. The van der Waals surface area contributed by atoms with Crippen LogP contribution in [0.15, 0.2) is 34.0 Å². The van der Waals surface area contributed by atoms with Gasteiger partial charge in [0, 0.05) is 43.9 Å². The van der Waals surface area contributed by atoms with Gasteiger partial charge in [0.25, 0.3) is 0 Å². The van der Waals surface area contributed by atoms with Crippen LogP contribution in [-0.2, 0) is 27.3 Å². The number of carbonyl (C=O) groups is 2. The van der Waals surface area contributed by atoms with Gasteiger partial charge in [-0.05, 0) is 17.7 Å². The molecule has 0 bridgehead atoms. The molecular formula is C19H22FN3O4S2. The van der Waals surface area contributed by atoms with Crippen molar-refractivity contribution in [3.8, 4) is 0 Å². The summed E-state index contributed by atoms with van der Waals surface area (Å²) in [6.45, 7) is 4.39. The number of hydrogen-bond donors (Lipinski definition) is 1. The molecule has 0 aliphatic carbocycles. The van der Waals surface area contributed by atoms with E-state index in [0.29, 0.717) is 36.3 Å². The Labute approximate surface area is 176 Å². The number of carbonyl (C=O) groups excluding carboxylic acids is 1. The van der Waals surface area contributed by atoms with Crippen LogP contribution < -0.4 is 0 Å². The third kappa shape index (κ3) is 6.77. The third-order valence-corrected chi connectivity index (χ3v) is 6.36. The van der Waals surface area contributed by atoms with Crippen LogP contribution in [0.4, 0.5) is 4.39 Å². The van der Waals surface area contributed by atoms with Crippen molar-refractivity contribution in [1.82, 2.24) is 14.2 Å². The van der Waals surface area contributed by atoms with E-state index in [1.165, 1.54) is 42.3 Å². The molecule has 0 unspecified atom stereocenters. The second-order valence-corrected chi connectivity index (χ2v) is 8.83. The van der Waals surface area contributed by atoms with Gasteiger partial charge in [-0.25, -0.2) is 9.37 Å². The maximum Gasteiger partial charge on any atom is 0.309 e. The average molecular weight is 440 g/mol. The Morgan fingerprint density at radius 2 is 2.31 bits per heavy atom. The molecule has 0 spiro atoms. The molecule has 2 heterocycles. The van der Waals surface area contributed by atoms with Gasteiger partial charge < -0.3 is 9.84 Å². The van der Waals surface area contributed by atoms with Crippen molar-refractivity contribution in [2.45, 2.75) is 30.3 Å². The standard InChI is InChI=1S/C19H22FN3O4S2/c1-13(24)23(29-19-21-16(12-28-19)8-18(25)26)11-17-10-22(5-6-27-17)9-14-3-2-4-15(20)7-14/h2-4,7,12,17H,5-6,8-11H2,1H3,(H,25,26)/t17-/m0/s1. The predicted octanol–water partition coefficient (Wildman–Crippen LogP) is 2.67. The van der Waals surface area contributed by atoms with Crippen molar-refractivity contribution in [1.29, 1.82) is 0 Å². The van der Waals surface area contributed by atoms with Crippen LogP contribution in [-0.4, -0.2) is 63.5 Å². The Bertz CT molecular complexity index is 863. The topological polar surface area (TPSA) is 83.0 Å². The molecule has 0 saturated carbocycles. The summed E-state index contributed by atoms with van der Waals surface area (Å²) in [5.74, 6) is -1.32. The molecule has 2 aromatic rings. The minimum atomic E-state index is -0.940. The van der Waals surface area contributed by atoms with Crippen LogP contribution in [0.3, 0.4) is 0 Å². The zero-order valence-corrected chi connectivity index (χ0v) is 17.5. The first kappa shape index (κ1) is 21.7. The molecule has 1 aromatic carbocycles. The number of aliphatic carboxylic acids is 1. The first-order valence-corrected chi connectivity index (χ1v) is 10.7. The monoisotopic (exact) mass is 439 g/mol. The molecule has 10 heteroatoms. The average Bonchev–Trinajstić information content (AvgIpc) is 3.07. The van der Waals surface area contributed by atoms with E-state index in [1.54, 1.807) is 15.8 Å². The number of hydrogen-bond acceptors (Lipinski definition) is 7. The first-order valence-electron chi connectivity index (χ1n) is 9.09. The Kier molecular flexibility index (Phi) is 7.59. The summed E-state index contributed by atoms with van der Waals surface area (Å²) in [7, 11) is 0. The van der Waals surface area contributed by atoms with Crippen LogP contribution >= 0.6 is 23.3 Å². The van der Waals surface area contributed by atoms with E-state index >= 15 is 0 Å². The molecule has 1 aromatic heterocycles. The Morgan fingerprint density at radius 3 is 3.03 bits per heavy atom. The second-order valence-electron chi connectivity index (χ2n) is 6.70. The van der Waals surface area contributed by atoms with E-state index in [4.69, 9.17) is 9.84 Å². The lowest BCUT2D eigenvalue weighted by Gasteiger charge is -2.35. The van der Waals surface area contributed by atoms with Gasteiger partial charge in [0.1, 0.15) is 5.82 Å². The SMILES string of the molecule is CC(=O)N(C[C@@H]1CN(Cc2cccc(F)c2)CCO1)Sc1nc(CC(=O)O)cs1. The van der Waals surface area contributed by atoms with Crippen molar-refractivity contribution in [3.63, 3.8) is 0 Å². The van der Waals surface area contributed by atoms with Gasteiger partial charge in [-0.2, -0.15) is 0 Å². The van der Waals surface area contributed by atoms with Crippen LogP contribution in [0, 0.1) is 5.82 Å². The second kappa shape index (κ2) is 10.1. The van der Waals surface area contributed by atoms with Crippen LogP contribution in [0.25, 0.3) is 0 Å². The highest BCUT2D eigenvalue weighted by Gasteiger charge is 2.25. The van der Waals surface area contributed by atoms with Gasteiger partial charge in [-0.3, -0.25) is 18.8 Å². The van der Waals surface area contributed by atoms with Gasteiger partial charge in [0.05, 0.1) is 31.4 Å². The zero-order chi connectivity index (χ0) is 20.8.